The minimum atomic E-state index is -0.0878. The van der Waals surface area contributed by atoms with Crippen molar-refractivity contribution in [2.24, 2.45) is 5.73 Å². The van der Waals surface area contributed by atoms with Crippen LogP contribution in [0.15, 0.2) is 48.5 Å². The van der Waals surface area contributed by atoms with Gasteiger partial charge < -0.3 is 15.2 Å². The van der Waals surface area contributed by atoms with Crippen LogP contribution in [-0.4, -0.2) is 7.11 Å². The number of hydrogen-bond acceptors (Lipinski definition) is 3. The van der Waals surface area contributed by atoms with Crippen LogP contribution in [0.2, 0.25) is 0 Å². The zero-order valence-corrected chi connectivity index (χ0v) is 11.3. The highest BCUT2D eigenvalue weighted by molar-refractivity contribution is 5.42. The molecule has 2 aromatic rings. The summed E-state index contributed by atoms with van der Waals surface area (Å²) in [5.74, 6) is 1.60. The molecule has 0 fully saturated rings. The van der Waals surface area contributed by atoms with Gasteiger partial charge in [0.2, 0.25) is 0 Å². The fourth-order valence-corrected chi connectivity index (χ4v) is 1.90. The Bertz CT molecular complexity index is 524. The van der Waals surface area contributed by atoms with E-state index in [1.54, 1.807) is 7.11 Å². The Morgan fingerprint density at radius 1 is 1.11 bits per heavy atom. The van der Waals surface area contributed by atoms with Gasteiger partial charge in [0.15, 0.2) is 0 Å². The van der Waals surface area contributed by atoms with Crippen LogP contribution < -0.4 is 15.2 Å². The highest BCUT2D eigenvalue weighted by atomic mass is 16.5. The number of methoxy groups -OCH3 is 1. The molecule has 19 heavy (non-hydrogen) atoms. The van der Waals surface area contributed by atoms with Crippen molar-refractivity contribution in [1.82, 2.24) is 0 Å². The van der Waals surface area contributed by atoms with E-state index in [1.165, 1.54) is 0 Å². The molecule has 2 aromatic carbocycles. The molecule has 0 amide bonds. The number of nitrogens with two attached hydrogens (primary N) is 1. The molecule has 0 bridgehead atoms. The van der Waals surface area contributed by atoms with Gasteiger partial charge >= 0.3 is 0 Å². The maximum Gasteiger partial charge on any atom is 0.123 e. The van der Waals surface area contributed by atoms with Gasteiger partial charge in [0.25, 0.3) is 0 Å². The largest absolute Gasteiger partial charge is 0.496 e. The molecule has 0 aliphatic heterocycles. The second kappa shape index (κ2) is 6.25. The zero-order valence-electron chi connectivity index (χ0n) is 11.3. The molecule has 0 saturated carbocycles. The van der Waals surface area contributed by atoms with E-state index >= 15 is 0 Å². The molecule has 0 saturated heterocycles. The van der Waals surface area contributed by atoms with Crippen molar-refractivity contribution in [1.29, 1.82) is 0 Å². The summed E-state index contributed by atoms with van der Waals surface area (Å²) in [6.07, 6.45) is 0. The number of hydrogen-bond donors (Lipinski definition) is 1. The van der Waals surface area contributed by atoms with E-state index < -0.39 is 0 Å². The van der Waals surface area contributed by atoms with E-state index in [9.17, 15) is 0 Å². The molecule has 1 unspecified atom stereocenters. The second-order valence-electron chi connectivity index (χ2n) is 4.47. The molecule has 0 spiro atoms. The summed E-state index contributed by atoms with van der Waals surface area (Å²) in [7, 11) is 1.64. The Hall–Kier alpha value is -2.00. The van der Waals surface area contributed by atoms with Gasteiger partial charge in [-0.15, -0.1) is 0 Å². The van der Waals surface area contributed by atoms with Crippen LogP contribution in [0.25, 0.3) is 0 Å². The lowest BCUT2D eigenvalue weighted by Gasteiger charge is -2.14. The van der Waals surface area contributed by atoms with E-state index in [0.717, 1.165) is 22.6 Å². The van der Waals surface area contributed by atoms with Crippen molar-refractivity contribution in [2.45, 2.75) is 19.6 Å². The van der Waals surface area contributed by atoms with E-state index in [1.807, 2.05) is 55.5 Å². The van der Waals surface area contributed by atoms with Gasteiger partial charge in [-0.1, -0.05) is 30.3 Å². The number of benzene rings is 2. The van der Waals surface area contributed by atoms with Crippen molar-refractivity contribution in [3.8, 4) is 11.5 Å². The number of rotatable bonds is 5. The molecular formula is C16H19NO2. The highest BCUT2D eigenvalue weighted by Crippen LogP contribution is 2.28. The summed E-state index contributed by atoms with van der Waals surface area (Å²) in [4.78, 5) is 0. The smallest absolute Gasteiger partial charge is 0.123 e. The van der Waals surface area contributed by atoms with Crippen LogP contribution in [0.4, 0.5) is 0 Å². The molecule has 2 N–H and O–H groups in total. The Morgan fingerprint density at radius 2 is 1.84 bits per heavy atom. The first-order valence-electron chi connectivity index (χ1n) is 6.31. The lowest BCUT2D eigenvalue weighted by molar-refractivity contribution is 0.304. The summed E-state index contributed by atoms with van der Waals surface area (Å²) >= 11 is 0. The van der Waals surface area contributed by atoms with E-state index in [2.05, 4.69) is 0 Å². The highest BCUT2D eigenvalue weighted by Gasteiger charge is 2.09. The van der Waals surface area contributed by atoms with Gasteiger partial charge in [-0.3, -0.25) is 0 Å². The van der Waals surface area contributed by atoms with Crippen LogP contribution >= 0.6 is 0 Å². The summed E-state index contributed by atoms with van der Waals surface area (Å²) in [6.45, 7) is 2.48. The van der Waals surface area contributed by atoms with Gasteiger partial charge in [0.05, 0.1) is 7.11 Å². The maximum absolute atomic E-state index is 5.93. The Labute approximate surface area is 114 Å². The fraction of sp³-hybridized carbons (Fsp3) is 0.250. The van der Waals surface area contributed by atoms with Crippen molar-refractivity contribution < 1.29 is 9.47 Å². The van der Waals surface area contributed by atoms with Crippen molar-refractivity contribution in [3.63, 3.8) is 0 Å². The number of ether oxygens (including phenoxy) is 2. The van der Waals surface area contributed by atoms with Crippen LogP contribution in [0.3, 0.4) is 0 Å². The lowest BCUT2D eigenvalue weighted by Crippen LogP contribution is -2.07. The predicted molar refractivity (Wildman–Crippen MR) is 76.4 cm³/mol. The van der Waals surface area contributed by atoms with Crippen molar-refractivity contribution in [3.05, 3.63) is 59.7 Å². The van der Waals surface area contributed by atoms with Crippen molar-refractivity contribution in [2.75, 3.05) is 7.11 Å². The van der Waals surface area contributed by atoms with Gasteiger partial charge in [0.1, 0.15) is 18.1 Å². The third-order valence-corrected chi connectivity index (χ3v) is 2.94. The first kappa shape index (κ1) is 13.4. The van der Waals surface area contributed by atoms with Gasteiger partial charge in [-0.2, -0.15) is 0 Å². The SMILES string of the molecule is COc1ccc(OCc2ccccc2)cc1C(C)N. The normalized spacial score (nSPS) is 11.9. The quantitative estimate of drug-likeness (QED) is 0.893. The third-order valence-electron chi connectivity index (χ3n) is 2.94. The third kappa shape index (κ3) is 3.48. The molecule has 0 heterocycles. The Balaban J connectivity index is 2.11. The minimum absolute atomic E-state index is 0.0878. The van der Waals surface area contributed by atoms with E-state index in [-0.39, 0.29) is 6.04 Å². The Morgan fingerprint density at radius 3 is 2.47 bits per heavy atom. The molecular weight excluding hydrogens is 238 g/mol. The molecule has 100 valence electrons. The standard InChI is InChI=1S/C16H19NO2/c1-12(17)15-10-14(8-9-16(15)18-2)19-11-13-6-4-3-5-7-13/h3-10,12H,11,17H2,1-2H3. The van der Waals surface area contributed by atoms with Crippen molar-refractivity contribution >= 4 is 0 Å². The first-order valence-corrected chi connectivity index (χ1v) is 6.31. The molecule has 0 aromatic heterocycles. The summed E-state index contributed by atoms with van der Waals surface area (Å²) < 4.78 is 11.1. The van der Waals surface area contributed by atoms with Crippen LogP contribution in [0.1, 0.15) is 24.1 Å². The van der Waals surface area contributed by atoms with Gasteiger partial charge in [0, 0.05) is 11.6 Å². The monoisotopic (exact) mass is 257 g/mol. The summed E-state index contributed by atoms with van der Waals surface area (Å²) in [6, 6.07) is 15.7. The fourth-order valence-electron chi connectivity index (χ4n) is 1.90. The predicted octanol–water partition coefficient (Wildman–Crippen LogP) is 3.29. The molecule has 0 radical (unpaired) electrons. The molecule has 0 aliphatic carbocycles. The van der Waals surface area contributed by atoms with Gasteiger partial charge in [-0.05, 0) is 30.7 Å². The maximum atomic E-state index is 5.93. The minimum Gasteiger partial charge on any atom is -0.496 e. The molecule has 3 heteroatoms. The molecule has 2 rings (SSSR count). The molecule has 1 atom stereocenters. The van der Waals surface area contributed by atoms with Crippen LogP contribution in [-0.2, 0) is 6.61 Å². The zero-order chi connectivity index (χ0) is 13.7. The average Bonchev–Trinajstić information content (AvgIpc) is 2.46. The van der Waals surface area contributed by atoms with E-state index in [4.69, 9.17) is 15.2 Å². The Kier molecular flexibility index (Phi) is 4.42. The van der Waals surface area contributed by atoms with E-state index in [0.29, 0.717) is 6.61 Å². The lowest BCUT2D eigenvalue weighted by atomic mass is 10.1. The topological polar surface area (TPSA) is 44.5 Å². The van der Waals surface area contributed by atoms with Gasteiger partial charge in [-0.25, -0.2) is 0 Å². The second-order valence-corrected chi connectivity index (χ2v) is 4.47. The summed E-state index contributed by atoms with van der Waals surface area (Å²) in [5, 5.41) is 0. The first-order chi connectivity index (χ1) is 9.20. The average molecular weight is 257 g/mol. The molecule has 0 aliphatic rings. The molecule has 3 nitrogen and oxygen atoms in total. The van der Waals surface area contributed by atoms with Crippen LogP contribution in [0, 0.1) is 0 Å². The van der Waals surface area contributed by atoms with Crippen LogP contribution in [0.5, 0.6) is 11.5 Å². The summed E-state index contributed by atoms with van der Waals surface area (Å²) in [5.41, 5.74) is 8.02.